The van der Waals surface area contributed by atoms with E-state index in [0.717, 1.165) is 10.8 Å². The first-order valence-corrected chi connectivity index (χ1v) is 9.70. The lowest BCUT2D eigenvalue weighted by Crippen LogP contribution is -2.14. The maximum atomic E-state index is 12.2. The molecule has 0 saturated heterocycles. The second kappa shape index (κ2) is 8.24. The van der Waals surface area contributed by atoms with Gasteiger partial charge in [0.05, 0.1) is 30.8 Å². The molecule has 0 atom stereocenters. The number of hydrogen-bond acceptors (Lipinski definition) is 8. The average molecular weight is 391 g/mol. The highest BCUT2D eigenvalue weighted by Gasteiger charge is 2.13. The fourth-order valence-corrected chi connectivity index (χ4v) is 3.69. The summed E-state index contributed by atoms with van der Waals surface area (Å²) >= 11 is 2.70. The molecule has 1 N–H and O–H groups in total. The predicted molar refractivity (Wildman–Crippen MR) is 99.3 cm³/mol. The zero-order valence-corrected chi connectivity index (χ0v) is 15.9. The molecular weight excluding hydrogens is 374 g/mol. The minimum atomic E-state index is -0.334. The molecular formula is C17H17N3O4S2. The largest absolute Gasteiger partial charge is 0.466 e. The van der Waals surface area contributed by atoms with Gasteiger partial charge in [-0.15, -0.1) is 22.7 Å². The molecule has 0 fully saturated rings. The number of amides is 1. The van der Waals surface area contributed by atoms with Crippen molar-refractivity contribution in [1.82, 2.24) is 9.97 Å². The van der Waals surface area contributed by atoms with Crippen LogP contribution in [0.3, 0.4) is 0 Å². The summed E-state index contributed by atoms with van der Waals surface area (Å²) in [4.78, 5) is 32.3. The lowest BCUT2D eigenvalue weighted by molar-refractivity contribution is -0.142. The molecule has 0 saturated carbocycles. The van der Waals surface area contributed by atoms with Gasteiger partial charge in [-0.1, -0.05) is 0 Å². The second-order valence-electron chi connectivity index (χ2n) is 5.41. The van der Waals surface area contributed by atoms with Gasteiger partial charge in [0.25, 0.3) is 0 Å². The van der Waals surface area contributed by atoms with Crippen molar-refractivity contribution in [1.29, 1.82) is 0 Å². The zero-order valence-electron chi connectivity index (χ0n) is 14.3. The summed E-state index contributed by atoms with van der Waals surface area (Å²) in [6.07, 6.45) is 0.237. The van der Waals surface area contributed by atoms with Crippen molar-refractivity contribution in [3.63, 3.8) is 0 Å². The monoisotopic (exact) mass is 391 g/mol. The van der Waals surface area contributed by atoms with Gasteiger partial charge >= 0.3 is 5.97 Å². The number of thiazole rings is 2. The van der Waals surface area contributed by atoms with Crippen molar-refractivity contribution in [3.05, 3.63) is 40.0 Å². The number of ether oxygens (including phenoxy) is 1. The van der Waals surface area contributed by atoms with Crippen LogP contribution in [0.15, 0.2) is 27.3 Å². The van der Waals surface area contributed by atoms with Gasteiger partial charge in [-0.05, 0) is 26.0 Å². The average Bonchev–Trinajstić information content (AvgIpc) is 3.29. The number of esters is 1. The molecule has 7 nitrogen and oxygen atoms in total. The SMILES string of the molecule is CCOC(=O)Cc1csc(NC(=O)Cc2csc(-c3ccc(C)o3)n2)n1. The van der Waals surface area contributed by atoms with Gasteiger partial charge in [0.1, 0.15) is 5.76 Å². The van der Waals surface area contributed by atoms with Gasteiger partial charge in [0.15, 0.2) is 15.9 Å². The summed E-state index contributed by atoms with van der Waals surface area (Å²) in [7, 11) is 0. The molecule has 0 aromatic carbocycles. The van der Waals surface area contributed by atoms with Crippen LogP contribution in [-0.4, -0.2) is 28.5 Å². The Morgan fingerprint density at radius 3 is 2.65 bits per heavy atom. The van der Waals surface area contributed by atoms with Crippen molar-refractivity contribution in [2.45, 2.75) is 26.7 Å². The molecule has 0 aliphatic rings. The first kappa shape index (κ1) is 18.3. The first-order valence-electron chi connectivity index (χ1n) is 7.94. The quantitative estimate of drug-likeness (QED) is 0.620. The van der Waals surface area contributed by atoms with Gasteiger partial charge < -0.3 is 14.5 Å². The third-order valence-corrected chi connectivity index (χ3v) is 4.99. The molecule has 9 heteroatoms. The Kier molecular flexibility index (Phi) is 5.79. The highest BCUT2D eigenvalue weighted by molar-refractivity contribution is 7.14. The van der Waals surface area contributed by atoms with E-state index in [1.54, 1.807) is 12.3 Å². The van der Waals surface area contributed by atoms with Crippen molar-refractivity contribution in [2.24, 2.45) is 0 Å². The second-order valence-corrected chi connectivity index (χ2v) is 7.12. The number of furan rings is 1. The van der Waals surface area contributed by atoms with Crippen molar-refractivity contribution < 1.29 is 18.7 Å². The lowest BCUT2D eigenvalue weighted by Gasteiger charge is -2.00. The van der Waals surface area contributed by atoms with Crippen molar-refractivity contribution >= 4 is 39.7 Å². The fourth-order valence-electron chi connectivity index (χ4n) is 2.18. The summed E-state index contributed by atoms with van der Waals surface area (Å²) < 4.78 is 10.4. The Hall–Kier alpha value is -2.52. The Labute approximate surface area is 158 Å². The van der Waals surface area contributed by atoms with E-state index in [0.29, 0.717) is 28.9 Å². The number of nitrogens with one attached hydrogen (secondary N) is 1. The normalized spacial score (nSPS) is 10.7. The summed E-state index contributed by atoms with van der Waals surface area (Å²) in [5, 5.41) is 7.48. The molecule has 3 aromatic rings. The van der Waals surface area contributed by atoms with Crippen LogP contribution in [0, 0.1) is 6.92 Å². The van der Waals surface area contributed by atoms with Crippen LogP contribution in [0.1, 0.15) is 24.1 Å². The highest BCUT2D eigenvalue weighted by Crippen LogP contribution is 2.26. The Morgan fingerprint density at radius 2 is 1.92 bits per heavy atom. The van der Waals surface area contributed by atoms with E-state index in [9.17, 15) is 9.59 Å². The number of aromatic nitrogens is 2. The molecule has 26 heavy (non-hydrogen) atoms. The zero-order chi connectivity index (χ0) is 18.5. The van der Waals surface area contributed by atoms with E-state index >= 15 is 0 Å². The van der Waals surface area contributed by atoms with E-state index in [4.69, 9.17) is 9.15 Å². The summed E-state index contributed by atoms with van der Waals surface area (Å²) in [5.41, 5.74) is 1.24. The molecule has 136 valence electrons. The number of anilines is 1. The van der Waals surface area contributed by atoms with Crippen LogP contribution in [-0.2, 0) is 27.2 Å². The van der Waals surface area contributed by atoms with E-state index in [2.05, 4.69) is 15.3 Å². The Balaban J connectivity index is 1.55. The minimum Gasteiger partial charge on any atom is -0.466 e. The minimum absolute atomic E-state index is 0.0955. The number of hydrogen-bond donors (Lipinski definition) is 1. The van der Waals surface area contributed by atoms with Crippen LogP contribution in [0.4, 0.5) is 5.13 Å². The number of rotatable bonds is 7. The Bertz CT molecular complexity index is 913. The van der Waals surface area contributed by atoms with Crippen LogP contribution in [0.2, 0.25) is 0 Å². The van der Waals surface area contributed by atoms with E-state index in [1.165, 1.54) is 22.7 Å². The molecule has 3 heterocycles. The maximum Gasteiger partial charge on any atom is 0.311 e. The third kappa shape index (κ3) is 4.77. The van der Waals surface area contributed by atoms with Crippen LogP contribution < -0.4 is 5.32 Å². The van der Waals surface area contributed by atoms with Gasteiger partial charge in [0.2, 0.25) is 5.91 Å². The fraction of sp³-hybridized carbons (Fsp3) is 0.294. The predicted octanol–water partition coefficient (Wildman–Crippen LogP) is 3.45. The number of carbonyl (C=O) groups excluding carboxylic acids is 2. The van der Waals surface area contributed by atoms with Crippen LogP contribution in [0.5, 0.6) is 0 Å². The van der Waals surface area contributed by atoms with Crippen molar-refractivity contribution in [2.75, 3.05) is 11.9 Å². The molecule has 0 radical (unpaired) electrons. The van der Waals surface area contributed by atoms with E-state index in [-0.39, 0.29) is 24.7 Å². The third-order valence-electron chi connectivity index (χ3n) is 3.27. The standard InChI is InChI=1S/C17H17N3O4S2/c1-3-23-15(22)7-12-9-26-17(19-12)20-14(21)6-11-8-25-16(18-11)13-5-4-10(2)24-13/h4-5,8-9H,3,6-7H2,1-2H3,(H,19,20,21). The van der Waals surface area contributed by atoms with E-state index in [1.807, 2.05) is 24.4 Å². The molecule has 3 aromatic heterocycles. The summed E-state index contributed by atoms with van der Waals surface area (Å²) in [6.45, 7) is 3.96. The van der Waals surface area contributed by atoms with Gasteiger partial charge in [-0.25, -0.2) is 9.97 Å². The molecule has 0 spiro atoms. The number of carbonyl (C=O) groups is 2. The number of nitrogens with zero attached hydrogens (tertiary/aromatic N) is 2. The molecule has 3 rings (SSSR count). The molecule has 0 unspecified atom stereocenters. The highest BCUT2D eigenvalue weighted by atomic mass is 32.1. The topological polar surface area (TPSA) is 94.3 Å². The smallest absolute Gasteiger partial charge is 0.311 e. The lowest BCUT2D eigenvalue weighted by atomic mass is 10.3. The van der Waals surface area contributed by atoms with Gasteiger partial charge in [0, 0.05) is 10.8 Å². The summed E-state index contributed by atoms with van der Waals surface area (Å²) in [5.74, 6) is 0.966. The van der Waals surface area contributed by atoms with Gasteiger partial charge in [-0.2, -0.15) is 0 Å². The molecule has 0 aliphatic heterocycles. The summed E-state index contributed by atoms with van der Waals surface area (Å²) in [6, 6.07) is 3.73. The van der Waals surface area contributed by atoms with Gasteiger partial charge in [-0.3, -0.25) is 9.59 Å². The first-order chi connectivity index (χ1) is 12.5. The van der Waals surface area contributed by atoms with E-state index < -0.39 is 0 Å². The molecule has 0 aliphatic carbocycles. The molecule has 1 amide bonds. The maximum absolute atomic E-state index is 12.2. The molecule has 0 bridgehead atoms. The number of aryl methyl sites for hydroxylation is 1. The van der Waals surface area contributed by atoms with Crippen LogP contribution >= 0.6 is 22.7 Å². The van der Waals surface area contributed by atoms with Crippen molar-refractivity contribution in [3.8, 4) is 10.8 Å². The Morgan fingerprint density at radius 1 is 1.15 bits per heavy atom. The van der Waals surface area contributed by atoms with Crippen LogP contribution in [0.25, 0.3) is 10.8 Å².